The van der Waals surface area contributed by atoms with Gasteiger partial charge in [-0.05, 0) is 63.0 Å². The van der Waals surface area contributed by atoms with E-state index in [0.29, 0.717) is 18.9 Å². The molecule has 0 radical (unpaired) electrons. The van der Waals surface area contributed by atoms with Gasteiger partial charge in [-0.25, -0.2) is 0 Å². The number of ether oxygens (including phenoxy) is 1. The third-order valence-corrected chi connectivity index (χ3v) is 3.38. The van der Waals surface area contributed by atoms with E-state index in [1.165, 1.54) is 0 Å². The quantitative estimate of drug-likeness (QED) is 0.856. The molecule has 104 valence electrons. The van der Waals surface area contributed by atoms with Crippen molar-refractivity contribution in [2.45, 2.75) is 26.2 Å². The van der Waals surface area contributed by atoms with Gasteiger partial charge in [0.2, 0.25) is 5.91 Å². The average Bonchev–Trinajstić information content (AvgIpc) is 2.42. The molecule has 1 heterocycles. The van der Waals surface area contributed by atoms with E-state index in [2.05, 4.69) is 10.6 Å². The summed E-state index contributed by atoms with van der Waals surface area (Å²) in [6.45, 7) is 4.66. The van der Waals surface area contributed by atoms with E-state index >= 15 is 0 Å². The Hall–Kier alpha value is -1.55. The van der Waals surface area contributed by atoms with Gasteiger partial charge in [-0.15, -0.1) is 0 Å². The molecule has 2 rings (SSSR count). The van der Waals surface area contributed by atoms with Crippen LogP contribution in [0.1, 0.15) is 26.2 Å². The van der Waals surface area contributed by atoms with E-state index < -0.39 is 0 Å². The van der Waals surface area contributed by atoms with Crippen LogP contribution in [0.3, 0.4) is 0 Å². The summed E-state index contributed by atoms with van der Waals surface area (Å²) in [5.74, 6) is 1.46. The number of hydrogen-bond acceptors (Lipinski definition) is 3. The number of carbonyl (C=O) groups excluding carboxylic acids is 1. The van der Waals surface area contributed by atoms with E-state index in [-0.39, 0.29) is 5.91 Å². The van der Waals surface area contributed by atoms with Crippen LogP contribution in [0, 0.1) is 5.92 Å². The summed E-state index contributed by atoms with van der Waals surface area (Å²) in [4.78, 5) is 11.9. The number of rotatable bonds is 5. The Morgan fingerprint density at radius 2 is 2.00 bits per heavy atom. The molecule has 0 aliphatic carbocycles. The summed E-state index contributed by atoms with van der Waals surface area (Å²) in [5, 5.41) is 6.25. The Bertz CT molecular complexity index is 397. The fraction of sp³-hybridized carbons (Fsp3) is 0.533. The molecule has 4 nitrogen and oxygen atoms in total. The second-order valence-electron chi connectivity index (χ2n) is 4.90. The highest BCUT2D eigenvalue weighted by atomic mass is 16.5. The predicted octanol–water partition coefficient (Wildman–Crippen LogP) is 2.41. The van der Waals surface area contributed by atoms with E-state index in [0.717, 1.165) is 37.4 Å². The van der Waals surface area contributed by atoms with Gasteiger partial charge in [0.15, 0.2) is 0 Å². The Morgan fingerprint density at radius 1 is 1.32 bits per heavy atom. The van der Waals surface area contributed by atoms with Gasteiger partial charge < -0.3 is 15.4 Å². The molecule has 0 aromatic heterocycles. The molecular weight excluding hydrogens is 240 g/mol. The largest absolute Gasteiger partial charge is 0.494 e. The van der Waals surface area contributed by atoms with Gasteiger partial charge >= 0.3 is 0 Å². The van der Waals surface area contributed by atoms with E-state index in [9.17, 15) is 4.79 Å². The molecule has 1 fully saturated rings. The highest BCUT2D eigenvalue weighted by Crippen LogP contribution is 2.19. The maximum atomic E-state index is 11.9. The fourth-order valence-electron chi connectivity index (χ4n) is 2.36. The summed E-state index contributed by atoms with van der Waals surface area (Å²) >= 11 is 0. The molecule has 1 saturated heterocycles. The maximum Gasteiger partial charge on any atom is 0.224 e. The molecule has 2 N–H and O–H groups in total. The minimum Gasteiger partial charge on any atom is -0.494 e. The van der Waals surface area contributed by atoms with Crippen LogP contribution in [-0.2, 0) is 4.79 Å². The zero-order valence-electron chi connectivity index (χ0n) is 11.4. The van der Waals surface area contributed by atoms with Gasteiger partial charge in [-0.1, -0.05) is 0 Å². The third kappa shape index (κ3) is 4.56. The van der Waals surface area contributed by atoms with Crippen molar-refractivity contribution in [3.63, 3.8) is 0 Å². The van der Waals surface area contributed by atoms with Gasteiger partial charge in [0.25, 0.3) is 0 Å². The zero-order valence-corrected chi connectivity index (χ0v) is 11.4. The lowest BCUT2D eigenvalue weighted by Gasteiger charge is -2.21. The molecular formula is C15H22N2O2. The third-order valence-electron chi connectivity index (χ3n) is 3.38. The van der Waals surface area contributed by atoms with Gasteiger partial charge in [0, 0.05) is 12.1 Å². The Balaban J connectivity index is 1.80. The van der Waals surface area contributed by atoms with Crippen LogP contribution in [0.2, 0.25) is 0 Å². The molecule has 1 aromatic rings. The number of anilines is 1. The highest BCUT2D eigenvalue weighted by molar-refractivity contribution is 5.90. The molecule has 1 aliphatic rings. The average molecular weight is 262 g/mol. The first-order chi connectivity index (χ1) is 9.28. The Labute approximate surface area is 114 Å². The zero-order chi connectivity index (χ0) is 13.5. The second kappa shape index (κ2) is 7.14. The van der Waals surface area contributed by atoms with Crippen LogP contribution in [-0.4, -0.2) is 25.6 Å². The fourth-order valence-corrected chi connectivity index (χ4v) is 2.36. The summed E-state index contributed by atoms with van der Waals surface area (Å²) in [5.41, 5.74) is 0.836. The van der Waals surface area contributed by atoms with Crippen LogP contribution in [0.4, 0.5) is 5.69 Å². The van der Waals surface area contributed by atoms with Crippen molar-refractivity contribution in [3.8, 4) is 5.75 Å². The molecule has 0 unspecified atom stereocenters. The standard InChI is InChI=1S/C15H22N2O2/c1-2-19-14-5-3-13(4-6-14)17-15(18)11-12-7-9-16-10-8-12/h3-6,12,16H,2,7-11H2,1H3,(H,17,18). The normalized spacial score (nSPS) is 16.1. The SMILES string of the molecule is CCOc1ccc(NC(=O)CC2CCNCC2)cc1. The van der Waals surface area contributed by atoms with Gasteiger partial charge in [0.1, 0.15) is 5.75 Å². The number of carbonyl (C=O) groups is 1. The van der Waals surface area contributed by atoms with Crippen LogP contribution in [0.15, 0.2) is 24.3 Å². The van der Waals surface area contributed by atoms with Crippen molar-refractivity contribution in [1.82, 2.24) is 5.32 Å². The van der Waals surface area contributed by atoms with E-state index in [1.807, 2.05) is 31.2 Å². The molecule has 1 aliphatic heterocycles. The topological polar surface area (TPSA) is 50.4 Å². The minimum atomic E-state index is 0.107. The van der Waals surface area contributed by atoms with Gasteiger partial charge in [-0.2, -0.15) is 0 Å². The van der Waals surface area contributed by atoms with Crippen molar-refractivity contribution in [2.24, 2.45) is 5.92 Å². The van der Waals surface area contributed by atoms with Gasteiger partial charge in [-0.3, -0.25) is 4.79 Å². The van der Waals surface area contributed by atoms with Crippen LogP contribution < -0.4 is 15.4 Å². The molecule has 0 bridgehead atoms. The summed E-state index contributed by atoms with van der Waals surface area (Å²) in [7, 11) is 0. The molecule has 19 heavy (non-hydrogen) atoms. The van der Waals surface area contributed by atoms with E-state index in [1.54, 1.807) is 0 Å². The first-order valence-electron chi connectivity index (χ1n) is 7.01. The number of amides is 1. The van der Waals surface area contributed by atoms with Crippen LogP contribution in [0.25, 0.3) is 0 Å². The van der Waals surface area contributed by atoms with Crippen molar-refractivity contribution in [2.75, 3.05) is 25.0 Å². The summed E-state index contributed by atoms with van der Waals surface area (Å²) in [6.07, 6.45) is 2.81. The molecule has 4 heteroatoms. The van der Waals surface area contributed by atoms with Gasteiger partial charge in [0.05, 0.1) is 6.61 Å². The first-order valence-corrected chi connectivity index (χ1v) is 7.01. The van der Waals surface area contributed by atoms with E-state index in [4.69, 9.17) is 4.74 Å². The lowest BCUT2D eigenvalue weighted by molar-refractivity contribution is -0.117. The lowest BCUT2D eigenvalue weighted by atomic mass is 9.94. The number of hydrogen-bond donors (Lipinski definition) is 2. The summed E-state index contributed by atoms with van der Waals surface area (Å²) < 4.78 is 5.37. The van der Waals surface area contributed by atoms with Crippen LogP contribution >= 0.6 is 0 Å². The van der Waals surface area contributed by atoms with Crippen molar-refractivity contribution in [1.29, 1.82) is 0 Å². The monoisotopic (exact) mass is 262 g/mol. The van der Waals surface area contributed by atoms with Crippen molar-refractivity contribution >= 4 is 11.6 Å². The smallest absolute Gasteiger partial charge is 0.224 e. The molecule has 0 spiro atoms. The summed E-state index contributed by atoms with van der Waals surface area (Å²) in [6, 6.07) is 7.52. The number of benzene rings is 1. The van der Waals surface area contributed by atoms with Crippen molar-refractivity contribution in [3.05, 3.63) is 24.3 Å². The molecule has 1 amide bonds. The van der Waals surface area contributed by atoms with Crippen LogP contribution in [0.5, 0.6) is 5.75 Å². The Morgan fingerprint density at radius 3 is 2.63 bits per heavy atom. The van der Waals surface area contributed by atoms with Crippen molar-refractivity contribution < 1.29 is 9.53 Å². The minimum absolute atomic E-state index is 0.107. The maximum absolute atomic E-state index is 11.9. The second-order valence-corrected chi connectivity index (χ2v) is 4.90. The highest BCUT2D eigenvalue weighted by Gasteiger charge is 2.16. The number of piperidine rings is 1. The molecule has 0 atom stereocenters. The molecule has 1 aromatic carbocycles. The number of nitrogens with one attached hydrogen (secondary N) is 2. The molecule has 0 saturated carbocycles. The Kier molecular flexibility index (Phi) is 5.21. The lowest BCUT2D eigenvalue weighted by Crippen LogP contribution is -2.30. The predicted molar refractivity (Wildman–Crippen MR) is 76.5 cm³/mol. The first kappa shape index (κ1) is 13.9.